The maximum atomic E-state index is 6.26. The van der Waals surface area contributed by atoms with Gasteiger partial charge in [0.1, 0.15) is 0 Å². The molecule has 3 rings (SSSR count). The van der Waals surface area contributed by atoms with Crippen molar-refractivity contribution < 1.29 is 0 Å². The Bertz CT molecular complexity index is 701. The minimum atomic E-state index is 0.343. The lowest BCUT2D eigenvalue weighted by Gasteiger charge is -2.35. The molecule has 0 saturated heterocycles. The zero-order chi connectivity index (χ0) is 15.0. The van der Waals surface area contributed by atoms with Gasteiger partial charge in [-0.15, -0.1) is 11.3 Å². The van der Waals surface area contributed by atoms with Gasteiger partial charge >= 0.3 is 0 Å². The van der Waals surface area contributed by atoms with Gasteiger partial charge in [-0.25, -0.2) is 0 Å². The molecule has 0 aliphatic carbocycles. The minimum Gasteiger partial charge on any atom is -0.366 e. The van der Waals surface area contributed by atoms with E-state index in [0.717, 1.165) is 23.1 Å². The number of halogens is 1. The van der Waals surface area contributed by atoms with E-state index in [9.17, 15) is 0 Å². The molecular weight excluding hydrogens is 298 g/mol. The number of fused-ring (bicyclic) bond motifs is 1. The summed E-state index contributed by atoms with van der Waals surface area (Å²) in [6.07, 6.45) is 1.83. The van der Waals surface area contributed by atoms with Gasteiger partial charge in [-0.1, -0.05) is 49.0 Å². The number of aryl methyl sites for hydroxylation is 1. The van der Waals surface area contributed by atoms with Crippen molar-refractivity contribution in [2.24, 2.45) is 0 Å². The van der Waals surface area contributed by atoms with Crippen molar-refractivity contribution in [2.45, 2.75) is 19.4 Å². The lowest BCUT2D eigenvalue weighted by Crippen LogP contribution is -2.32. The molecule has 0 radical (unpaired) electrons. The highest BCUT2D eigenvalue weighted by molar-refractivity contribution is 7.16. The summed E-state index contributed by atoms with van der Waals surface area (Å²) >= 11 is 7.94. The lowest BCUT2D eigenvalue weighted by molar-refractivity contribution is 0.318. The number of thiophene rings is 1. The third-order valence-corrected chi connectivity index (χ3v) is 5.39. The summed E-state index contributed by atoms with van der Waals surface area (Å²) in [5, 5.41) is 0. The molecule has 0 N–H and O–H groups in total. The fourth-order valence-corrected chi connectivity index (χ4v) is 4.33. The van der Waals surface area contributed by atoms with Crippen molar-refractivity contribution in [2.75, 3.05) is 6.54 Å². The topological polar surface area (TPSA) is 3.24 Å². The molecule has 1 aromatic heterocycles. The third kappa shape index (κ3) is 2.66. The number of allylic oxidation sites excluding steroid dienone is 1. The largest absolute Gasteiger partial charge is 0.366 e. The lowest BCUT2D eigenvalue weighted by atomic mass is 9.86. The van der Waals surface area contributed by atoms with Crippen LogP contribution in [0.25, 0.3) is 0 Å². The van der Waals surface area contributed by atoms with Crippen molar-refractivity contribution >= 4 is 22.9 Å². The standard InChI is InChI=1S/C18H18ClNS/c1-4-13(3)20-10-16(14-8-6-5-7-12(14)2)15-9-18(19)21-17(15)11-20/h4-9,16H,1,3,10-11H2,2H3. The van der Waals surface area contributed by atoms with Gasteiger partial charge in [0, 0.05) is 23.0 Å². The Hall–Kier alpha value is -1.51. The van der Waals surface area contributed by atoms with Crippen molar-refractivity contribution in [1.29, 1.82) is 0 Å². The van der Waals surface area contributed by atoms with Crippen LogP contribution in [0.15, 0.2) is 55.3 Å². The highest BCUT2D eigenvalue weighted by atomic mass is 35.5. The van der Waals surface area contributed by atoms with Crippen LogP contribution in [0.3, 0.4) is 0 Å². The second kappa shape index (κ2) is 5.70. The van der Waals surface area contributed by atoms with E-state index in [1.54, 1.807) is 11.3 Å². The summed E-state index contributed by atoms with van der Waals surface area (Å²) in [6.45, 7) is 11.9. The first-order valence-corrected chi connectivity index (χ1v) is 8.19. The van der Waals surface area contributed by atoms with Gasteiger partial charge in [0.05, 0.1) is 10.9 Å². The zero-order valence-corrected chi connectivity index (χ0v) is 13.7. The van der Waals surface area contributed by atoms with Gasteiger partial charge in [0.15, 0.2) is 0 Å². The van der Waals surface area contributed by atoms with Gasteiger partial charge in [0.25, 0.3) is 0 Å². The molecule has 1 aliphatic heterocycles. The molecule has 0 spiro atoms. The molecule has 0 fully saturated rings. The summed E-state index contributed by atoms with van der Waals surface area (Å²) in [5.74, 6) is 0.343. The van der Waals surface area contributed by atoms with E-state index >= 15 is 0 Å². The first-order chi connectivity index (χ1) is 10.1. The molecule has 108 valence electrons. The van der Waals surface area contributed by atoms with Gasteiger partial charge in [-0.05, 0) is 35.8 Å². The molecule has 1 nitrogen and oxygen atoms in total. The van der Waals surface area contributed by atoms with Crippen molar-refractivity contribution in [3.05, 3.63) is 81.2 Å². The van der Waals surface area contributed by atoms with Crippen molar-refractivity contribution in [3.8, 4) is 0 Å². The van der Waals surface area contributed by atoms with Crippen LogP contribution in [0.1, 0.15) is 27.5 Å². The van der Waals surface area contributed by atoms with Crippen LogP contribution >= 0.6 is 22.9 Å². The van der Waals surface area contributed by atoms with Crippen LogP contribution in [0.5, 0.6) is 0 Å². The molecular formula is C18H18ClNS. The molecule has 21 heavy (non-hydrogen) atoms. The Morgan fingerprint density at radius 1 is 1.38 bits per heavy atom. The van der Waals surface area contributed by atoms with Crippen LogP contribution in [0, 0.1) is 6.92 Å². The second-order valence-corrected chi connectivity index (χ2v) is 7.18. The Balaban J connectivity index is 2.08. The monoisotopic (exact) mass is 315 g/mol. The van der Waals surface area contributed by atoms with Gasteiger partial charge < -0.3 is 4.90 Å². The zero-order valence-electron chi connectivity index (χ0n) is 12.1. The van der Waals surface area contributed by atoms with E-state index in [-0.39, 0.29) is 0 Å². The highest BCUT2D eigenvalue weighted by Crippen LogP contribution is 2.41. The van der Waals surface area contributed by atoms with E-state index in [4.69, 9.17) is 11.6 Å². The van der Waals surface area contributed by atoms with Crippen LogP contribution in [0.2, 0.25) is 4.34 Å². The Morgan fingerprint density at radius 2 is 2.14 bits per heavy atom. The van der Waals surface area contributed by atoms with E-state index < -0.39 is 0 Å². The molecule has 1 aromatic carbocycles. The number of nitrogens with zero attached hydrogens (tertiary/aromatic N) is 1. The second-order valence-electron chi connectivity index (χ2n) is 5.41. The number of rotatable bonds is 3. The highest BCUT2D eigenvalue weighted by Gasteiger charge is 2.29. The Morgan fingerprint density at radius 3 is 2.86 bits per heavy atom. The molecule has 3 heteroatoms. The minimum absolute atomic E-state index is 0.343. The predicted octanol–water partition coefficient (Wildman–Crippen LogP) is 5.36. The predicted molar refractivity (Wildman–Crippen MR) is 92.1 cm³/mol. The van der Waals surface area contributed by atoms with E-state index in [2.05, 4.69) is 55.3 Å². The van der Waals surface area contributed by atoms with Crippen LogP contribution in [-0.4, -0.2) is 11.4 Å². The third-order valence-electron chi connectivity index (χ3n) is 4.13. The first kappa shape index (κ1) is 14.4. The van der Waals surface area contributed by atoms with Crippen molar-refractivity contribution in [1.82, 2.24) is 4.90 Å². The summed E-state index contributed by atoms with van der Waals surface area (Å²) in [4.78, 5) is 3.63. The maximum absolute atomic E-state index is 6.26. The van der Waals surface area contributed by atoms with Gasteiger partial charge in [-0.3, -0.25) is 0 Å². The molecule has 1 unspecified atom stereocenters. The molecule has 2 aromatic rings. The molecule has 0 saturated carbocycles. The summed E-state index contributed by atoms with van der Waals surface area (Å²) in [6, 6.07) is 10.7. The Kier molecular flexibility index (Phi) is 3.92. The number of benzene rings is 1. The summed E-state index contributed by atoms with van der Waals surface area (Å²) < 4.78 is 0.865. The normalized spacial score (nSPS) is 17.4. The number of hydrogen-bond acceptors (Lipinski definition) is 2. The SMILES string of the molecule is C=CC(=C)N1Cc2sc(Cl)cc2C(c2ccccc2C)C1. The van der Waals surface area contributed by atoms with E-state index in [1.807, 2.05) is 6.08 Å². The molecule has 0 bridgehead atoms. The smallest absolute Gasteiger partial charge is 0.0934 e. The average Bonchev–Trinajstić information content (AvgIpc) is 2.86. The van der Waals surface area contributed by atoms with Gasteiger partial charge in [-0.2, -0.15) is 0 Å². The van der Waals surface area contributed by atoms with Crippen LogP contribution in [0.4, 0.5) is 0 Å². The summed E-state index contributed by atoms with van der Waals surface area (Å²) in [5.41, 5.74) is 5.03. The average molecular weight is 316 g/mol. The molecule has 1 atom stereocenters. The Labute approximate surface area is 135 Å². The van der Waals surface area contributed by atoms with Crippen molar-refractivity contribution in [3.63, 3.8) is 0 Å². The molecule has 1 aliphatic rings. The fourth-order valence-electron chi connectivity index (χ4n) is 2.98. The number of hydrogen-bond donors (Lipinski definition) is 0. The maximum Gasteiger partial charge on any atom is 0.0934 e. The quantitative estimate of drug-likeness (QED) is 0.689. The van der Waals surface area contributed by atoms with E-state index in [1.165, 1.54) is 21.6 Å². The van der Waals surface area contributed by atoms with Crippen LogP contribution in [-0.2, 0) is 6.54 Å². The van der Waals surface area contributed by atoms with Gasteiger partial charge in [0.2, 0.25) is 0 Å². The molecule has 2 heterocycles. The van der Waals surface area contributed by atoms with Crippen LogP contribution < -0.4 is 0 Å². The first-order valence-electron chi connectivity index (χ1n) is 7.00. The fraction of sp³-hybridized carbons (Fsp3) is 0.222. The summed E-state index contributed by atoms with van der Waals surface area (Å²) in [7, 11) is 0. The molecule has 0 amide bonds. The van der Waals surface area contributed by atoms with E-state index in [0.29, 0.717) is 5.92 Å².